The smallest absolute Gasteiger partial charge is 0.406 e. The topological polar surface area (TPSA) is 42.7 Å². The van der Waals surface area contributed by atoms with E-state index in [0.717, 1.165) is 5.56 Å². The van der Waals surface area contributed by atoms with Gasteiger partial charge in [0.1, 0.15) is 18.1 Å². The van der Waals surface area contributed by atoms with Gasteiger partial charge in [0.05, 0.1) is 12.8 Å². The molecule has 2 rings (SSSR count). The molecule has 0 radical (unpaired) electrons. The van der Waals surface area contributed by atoms with E-state index in [1.165, 1.54) is 12.3 Å². The standard InChI is InChI=1S/C19H22F3NO3/c1-18(2,3)15-8-4-5-9-16(15)26-12-17(24)23(13-19(20,21)22)11-14-7-6-10-25-14/h4-10H,11-13H2,1-3H3. The average Bonchev–Trinajstić information content (AvgIpc) is 3.03. The van der Waals surface area contributed by atoms with Gasteiger partial charge in [-0.05, 0) is 29.2 Å². The normalized spacial score (nSPS) is 12.1. The molecule has 0 fully saturated rings. The van der Waals surface area contributed by atoms with Crippen LogP contribution in [0, 0.1) is 0 Å². The fourth-order valence-corrected chi connectivity index (χ4v) is 2.48. The van der Waals surface area contributed by atoms with Crippen molar-refractivity contribution in [1.82, 2.24) is 4.90 Å². The lowest BCUT2D eigenvalue weighted by Crippen LogP contribution is -2.41. The minimum absolute atomic E-state index is 0.223. The minimum Gasteiger partial charge on any atom is -0.483 e. The molecule has 0 atom stereocenters. The average molecular weight is 369 g/mol. The van der Waals surface area contributed by atoms with Crippen molar-refractivity contribution in [3.8, 4) is 5.75 Å². The van der Waals surface area contributed by atoms with Crippen LogP contribution in [0.3, 0.4) is 0 Å². The number of carbonyl (C=O) groups excluding carboxylic acids is 1. The third kappa shape index (κ3) is 5.82. The Morgan fingerprint density at radius 1 is 1.12 bits per heavy atom. The maximum atomic E-state index is 12.8. The Kier molecular flexibility index (Phi) is 6.00. The molecule has 142 valence electrons. The van der Waals surface area contributed by atoms with Crippen LogP contribution >= 0.6 is 0 Å². The van der Waals surface area contributed by atoms with E-state index in [-0.39, 0.29) is 17.7 Å². The third-order valence-corrected chi connectivity index (χ3v) is 3.70. The number of alkyl halides is 3. The number of rotatable bonds is 6. The van der Waals surface area contributed by atoms with Crippen molar-refractivity contribution >= 4 is 5.91 Å². The van der Waals surface area contributed by atoms with Gasteiger partial charge in [-0.3, -0.25) is 4.79 Å². The van der Waals surface area contributed by atoms with Gasteiger partial charge in [0.2, 0.25) is 0 Å². The molecular weight excluding hydrogens is 347 g/mol. The van der Waals surface area contributed by atoms with E-state index in [1.807, 2.05) is 32.9 Å². The Morgan fingerprint density at radius 2 is 1.81 bits per heavy atom. The Balaban J connectivity index is 2.10. The van der Waals surface area contributed by atoms with E-state index in [0.29, 0.717) is 10.6 Å². The number of benzene rings is 1. The first kappa shape index (κ1) is 19.9. The van der Waals surface area contributed by atoms with E-state index >= 15 is 0 Å². The zero-order chi connectivity index (χ0) is 19.4. The number of amides is 1. The number of ether oxygens (including phenoxy) is 1. The van der Waals surface area contributed by atoms with E-state index in [2.05, 4.69) is 0 Å². The van der Waals surface area contributed by atoms with Gasteiger partial charge in [0.25, 0.3) is 5.91 Å². The van der Waals surface area contributed by atoms with Crippen molar-refractivity contribution < 1.29 is 27.1 Å². The first-order chi connectivity index (χ1) is 12.1. The number of hydrogen-bond acceptors (Lipinski definition) is 3. The highest BCUT2D eigenvalue weighted by Crippen LogP contribution is 2.31. The molecule has 2 aromatic rings. The van der Waals surface area contributed by atoms with Crippen molar-refractivity contribution in [2.45, 2.75) is 38.9 Å². The van der Waals surface area contributed by atoms with Crippen LogP contribution in [0.1, 0.15) is 32.1 Å². The fourth-order valence-electron chi connectivity index (χ4n) is 2.48. The molecule has 7 heteroatoms. The number of furan rings is 1. The predicted molar refractivity (Wildman–Crippen MR) is 90.8 cm³/mol. The van der Waals surface area contributed by atoms with Gasteiger partial charge in [-0.25, -0.2) is 0 Å². The van der Waals surface area contributed by atoms with Gasteiger partial charge in [-0.15, -0.1) is 0 Å². The summed E-state index contributed by atoms with van der Waals surface area (Å²) in [7, 11) is 0. The number of para-hydroxylation sites is 1. The summed E-state index contributed by atoms with van der Waals surface area (Å²) in [6.45, 7) is 3.86. The fraction of sp³-hybridized carbons (Fsp3) is 0.421. The Labute approximate surface area is 150 Å². The highest BCUT2D eigenvalue weighted by molar-refractivity contribution is 5.77. The van der Waals surface area contributed by atoms with Crippen LogP contribution in [-0.2, 0) is 16.8 Å². The Bertz CT molecular complexity index is 718. The monoisotopic (exact) mass is 369 g/mol. The van der Waals surface area contributed by atoms with Crippen LogP contribution in [0.5, 0.6) is 5.75 Å². The summed E-state index contributed by atoms with van der Waals surface area (Å²) in [6.07, 6.45) is -3.16. The SMILES string of the molecule is CC(C)(C)c1ccccc1OCC(=O)N(Cc1ccco1)CC(F)(F)F. The molecule has 0 saturated heterocycles. The first-order valence-corrected chi connectivity index (χ1v) is 8.15. The van der Waals surface area contributed by atoms with Gasteiger partial charge in [-0.1, -0.05) is 39.0 Å². The van der Waals surface area contributed by atoms with E-state index < -0.39 is 25.2 Å². The van der Waals surface area contributed by atoms with Crippen LogP contribution in [0.15, 0.2) is 47.1 Å². The molecule has 1 amide bonds. The van der Waals surface area contributed by atoms with Crippen LogP contribution in [0.2, 0.25) is 0 Å². The van der Waals surface area contributed by atoms with Crippen molar-refractivity contribution in [3.05, 3.63) is 54.0 Å². The lowest BCUT2D eigenvalue weighted by molar-refractivity contribution is -0.164. The largest absolute Gasteiger partial charge is 0.483 e. The quantitative estimate of drug-likeness (QED) is 0.750. The summed E-state index contributed by atoms with van der Waals surface area (Å²) in [5.41, 5.74) is 0.653. The summed E-state index contributed by atoms with van der Waals surface area (Å²) in [5.74, 6) is -0.00145. The molecular formula is C19H22F3NO3. The second-order valence-corrected chi connectivity index (χ2v) is 6.98. The van der Waals surface area contributed by atoms with Crippen LogP contribution < -0.4 is 4.74 Å². The van der Waals surface area contributed by atoms with Gasteiger partial charge in [0, 0.05) is 0 Å². The first-order valence-electron chi connectivity index (χ1n) is 8.15. The lowest BCUT2D eigenvalue weighted by atomic mass is 9.86. The summed E-state index contributed by atoms with van der Waals surface area (Å²) in [5, 5.41) is 0. The van der Waals surface area contributed by atoms with Gasteiger partial charge in [0.15, 0.2) is 6.61 Å². The molecule has 0 saturated carbocycles. The van der Waals surface area contributed by atoms with Gasteiger partial charge in [-0.2, -0.15) is 13.2 Å². The lowest BCUT2D eigenvalue weighted by Gasteiger charge is -2.25. The molecule has 4 nitrogen and oxygen atoms in total. The molecule has 1 heterocycles. The third-order valence-electron chi connectivity index (χ3n) is 3.70. The van der Waals surface area contributed by atoms with Crippen LogP contribution in [0.25, 0.3) is 0 Å². The van der Waals surface area contributed by atoms with Crippen molar-refractivity contribution in [3.63, 3.8) is 0 Å². The number of halogens is 3. The number of hydrogen-bond donors (Lipinski definition) is 0. The molecule has 0 aliphatic rings. The van der Waals surface area contributed by atoms with Gasteiger partial charge < -0.3 is 14.1 Å². The van der Waals surface area contributed by atoms with Crippen LogP contribution in [-0.4, -0.2) is 30.1 Å². The van der Waals surface area contributed by atoms with E-state index in [1.54, 1.807) is 18.2 Å². The van der Waals surface area contributed by atoms with E-state index in [4.69, 9.17) is 9.15 Å². The number of carbonyl (C=O) groups is 1. The second-order valence-electron chi connectivity index (χ2n) is 6.98. The Hall–Kier alpha value is -2.44. The van der Waals surface area contributed by atoms with Crippen molar-refractivity contribution in [2.24, 2.45) is 0 Å². The molecule has 1 aromatic carbocycles. The Morgan fingerprint density at radius 3 is 2.38 bits per heavy atom. The number of nitrogens with zero attached hydrogens (tertiary/aromatic N) is 1. The predicted octanol–water partition coefficient (Wildman–Crippen LogP) is 4.55. The van der Waals surface area contributed by atoms with Gasteiger partial charge >= 0.3 is 6.18 Å². The zero-order valence-electron chi connectivity index (χ0n) is 15.0. The maximum absolute atomic E-state index is 12.8. The molecule has 0 aliphatic heterocycles. The van der Waals surface area contributed by atoms with Crippen molar-refractivity contribution in [1.29, 1.82) is 0 Å². The minimum atomic E-state index is -4.51. The molecule has 1 aromatic heterocycles. The molecule has 0 bridgehead atoms. The zero-order valence-corrected chi connectivity index (χ0v) is 15.0. The van der Waals surface area contributed by atoms with Crippen molar-refractivity contribution in [2.75, 3.05) is 13.2 Å². The summed E-state index contributed by atoms with van der Waals surface area (Å²) in [6, 6.07) is 10.3. The maximum Gasteiger partial charge on any atom is 0.406 e. The molecule has 26 heavy (non-hydrogen) atoms. The highest BCUT2D eigenvalue weighted by Gasteiger charge is 2.33. The highest BCUT2D eigenvalue weighted by atomic mass is 19.4. The summed E-state index contributed by atoms with van der Waals surface area (Å²) in [4.78, 5) is 13.0. The molecule has 0 aliphatic carbocycles. The summed E-state index contributed by atoms with van der Waals surface area (Å²) < 4.78 is 49.0. The molecule has 0 N–H and O–H groups in total. The summed E-state index contributed by atoms with van der Waals surface area (Å²) >= 11 is 0. The second kappa shape index (κ2) is 7.85. The van der Waals surface area contributed by atoms with E-state index in [9.17, 15) is 18.0 Å². The molecule has 0 unspecified atom stereocenters. The molecule has 0 spiro atoms. The van der Waals surface area contributed by atoms with Crippen LogP contribution in [0.4, 0.5) is 13.2 Å².